The number of hydrogen-bond acceptors (Lipinski definition) is 7. The molecule has 0 aliphatic carbocycles. The Morgan fingerprint density at radius 3 is 2.48 bits per heavy atom. The van der Waals surface area contributed by atoms with Crippen LogP contribution in [0, 0.1) is 20.8 Å². The van der Waals surface area contributed by atoms with Crippen molar-refractivity contribution >= 4 is 33.4 Å². The van der Waals surface area contributed by atoms with Gasteiger partial charge in [0.2, 0.25) is 0 Å². The molecule has 1 heterocycles. The van der Waals surface area contributed by atoms with Gasteiger partial charge in [0.1, 0.15) is 6.33 Å². The van der Waals surface area contributed by atoms with Crippen LogP contribution in [0.1, 0.15) is 16.7 Å². The highest BCUT2D eigenvalue weighted by Gasteiger charge is 2.26. The Hall–Kier alpha value is -2.85. The lowest BCUT2D eigenvalue weighted by Gasteiger charge is -2.23. The van der Waals surface area contributed by atoms with E-state index in [0.29, 0.717) is 32.6 Å². The van der Waals surface area contributed by atoms with E-state index in [1.54, 1.807) is 36.6 Å². The molecule has 0 saturated heterocycles. The van der Waals surface area contributed by atoms with Crippen LogP contribution in [0.3, 0.4) is 0 Å². The number of hydrogen-bond donors (Lipinski definition) is 0. The van der Waals surface area contributed by atoms with E-state index in [2.05, 4.69) is 14.9 Å². The van der Waals surface area contributed by atoms with Gasteiger partial charge in [-0.3, -0.25) is 13.7 Å². The maximum atomic E-state index is 13.4. The molecule has 8 nitrogen and oxygen atoms in total. The molecule has 0 saturated carbocycles. The number of anilines is 1. The smallest absolute Gasteiger partial charge is 0.316 e. The van der Waals surface area contributed by atoms with E-state index in [0.717, 1.165) is 5.56 Å². The Morgan fingerprint density at radius 2 is 1.84 bits per heavy atom. The molecular weight excluding hydrogens is 436 g/mol. The molecule has 0 unspecified atom stereocenters. The first-order chi connectivity index (χ1) is 14.6. The highest BCUT2D eigenvalue weighted by atomic mass is 32.2. The average Bonchev–Trinajstić information content (AvgIpc) is 3.19. The molecule has 0 amide bonds. The lowest BCUT2D eigenvalue weighted by Crippen LogP contribution is -2.28. The Kier molecular flexibility index (Phi) is 6.71. The van der Waals surface area contributed by atoms with Crippen molar-refractivity contribution in [2.75, 3.05) is 24.2 Å². The number of ether oxygens (including phenoxy) is 1. The summed E-state index contributed by atoms with van der Waals surface area (Å²) in [7, 11) is -0.906. The number of esters is 1. The third kappa shape index (κ3) is 4.75. The number of sulfonamides is 1. The van der Waals surface area contributed by atoms with Crippen LogP contribution in [0.4, 0.5) is 5.69 Å². The molecular formula is C21H24N4O4S2. The topological polar surface area (TPSA) is 94.4 Å². The average molecular weight is 461 g/mol. The zero-order chi connectivity index (χ0) is 22.8. The molecule has 0 radical (unpaired) electrons. The van der Waals surface area contributed by atoms with Crippen molar-refractivity contribution < 1.29 is 17.9 Å². The van der Waals surface area contributed by atoms with Crippen LogP contribution in [0.2, 0.25) is 0 Å². The fourth-order valence-electron chi connectivity index (χ4n) is 3.37. The van der Waals surface area contributed by atoms with Crippen LogP contribution in [-0.2, 0) is 19.6 Å². The summed E-state index contributed by atoms with van der Waals surface area (Å²) < 4.78 is 34.4. The van der Waals surface area contributed by atoms with E-state index in [9.17, 15) is 13.2 Å². The Balaban J connectivity index is 1.96. The molecule has 10 heteroatoms. The highest BCUT2D eigenvalue weighted by Crippen LogP contribution is 2.29. The molecule has 0 spiro atoms. The molecule has 0 N–H and O–H groups in total. The van der Waals surface area contributed by atoms with Crippen LogP contribution >= 0.6 is 11.8 Å². The molecule has 0 bridgehead atoms. The summed E-state index contributed by atoms with van der Waals surface area (Å²) in [6.45, 7) is 5.55. The number of carbonyl (C=O) groups is 1. The number of nitrogens with zero attached hydrogens (tertiary/aromatic N) is 4. The van der Waals surface area contributed by atoms with Gasteiger partial charge >= 0.3 is 5.97 Å². The third-order valence-electron chi connectivity index (χ3n) is 4.76. The lowest BCUT2D eigenvalue weighted by atomic mass is 10.1. The van der Waals surface area contributed by atoms with Crippen molar-refractivity contribution in [1.29, 1.82) is 0 Å². The van der Waals surface area contributed by atoms with E-state index in [1.807, 2.05) is 25.1 Å². The first kappa shape index (κ1) is 22.8. The minimum atomic E-state index is -3.76. The van der Waals surface area contributed by atoms with Crippen molar-refractivity contribution in [1.82, 2.24) is 14.8 Å². The Bertz CT molecular complexity index is 1200. The summed E-state index contributed by atoms with van der Waals surface area (Å²) in [6.07, 6.45) is 1.52. The van der Waals surface area contributed by atoms with Crippen LogP contribution < -0.4 is 4.31 Å². The zero-order valence-electron chi connectivity index (χ0n) is 18.0. The first-order valence-electron chi connectivity index (χ1n) is 9.42. The molecule has 31 heavy (non-hydrogen) atoms. The van der Waals surface area contributed by atoms with Gasteiger partial charge in [0.25, 0.3) is 10.0 Å². The van der Waals surface area contributed by atoms with Crippen molar-refractivity contribution in [3.8, 4) is 5.69 Å². The van der Waals surface area contributed by atoms with Crippen LogP contribution in [0.15, 0.2) is 52.8 Å². The second-order valence-electron chi connectivity index (χ2n) is 7.07. The second kappa shape index (κ2) is 9.11. The lowest BCUT2D eigenvalue weighted by molar-refractivity contribution is -0.137. The fourth-order valence-corrected chi connectivity index (χ4v) is 5.73. The maximum Gasteiger partial charge on any atom is 0.316 e. The predicted octanol–water partition coefficient (Wildman–Crippen LogP) is 3.28. The SMILES string of the molecule is COC(=O)CSc1nncn1-c1cccc(N(C)S(=O)(=O)c2c(C)cc(C)cc2C)c1. The highest BCUT2D eigenvalue weighted by molar-refractivity contribution is 7.99. The maximum absolute atomic E-state index is 13.4. The van der Waals surface area contributed by atoms with Crippen molar-refractivity contribution in [2.45, 2.75) is 30.8 Å². The van der Waals surface area contributed by atoms with Crippen LogP contribution in [-0.4, -0.2) is 49.1 Å². The zero-order valence-corrected chi connectivity index (χ0v) is 19.6. The first-order valence-corrected chi connectivity index (χ1v) is 11.8. The van der Waals surface area contributed by atoms with Crippen molar-refractivity contribution in [2.24, 2.45) is 0 Å². The largest absolute Gasteiger partial charge is 0.468 e. The summed E-state index contributed by atoms with van der Waals surface area (Å²) in [5.74, 6) is -0.280. The number of aryl methyl sites for hydroxylation is 3. The van der Waals surface area contributed by atoms with Crippen molar-refractivity contribution in [3.05, 3.63) is 59.4 Å². The van der Waals surface area contributed by atoms with Crippen LogP contribution in [0.5, 0.6) is 0 Å². The number of aromatic nitrogens is 3. The van der Waals surface area contributed by atoms with Gasteiger partial charge in [0.05, 0.1) is 29.1 Å². The van der Waals surface area contributed by atoms with Gasteiger partial charge in [0.15, 0.2) is 5.16 Å². The van der Waals surface area contributed by atoms with E-state index in [-0.39, 0.29) is 11.7 Å². The standard InChI is InChI=1S/C21H24N4O4S2/c1-14-9-15(2)20(16(3)10-14)31(27,28)24(4)17-7-6-8-18(11-17)25-13-22-23-21(25)30-12-19(26)29-5/h6-11,13H,12H2,1-5H3. The van der Waals surface area contributed by atoms with Gasteiger partial charge in [0, 0.05) is 7.05 Å². The molecule has 0 fully saturated rings. The summed E-state index contributed by atoms with van der Waals surface area (Å²) >= 11 is 1.19. The summed E-state index contributed by atoms with van der Waals surface area (Å²) in [5, 5.41) is 8.45. The number of methoxy groups -OCH3 is 1. The molecule has 1 aromatic heterocycles. The summed E-state index contributed by atoms with van der Waals surface area (Å²) in [4.78, 5) is 11.8. The van der Waals surface area contributed by atoms with Gasteiger partial charge in [-0.05, 0) is 50.1 Å². The van der Waals surface area contributed by atoms with Gasteiger partial charge in [-0.15, -0.1) is 10.2 Å². The van der Waals surface area contributed by atoms with E-state index in [4.69, 9.17) is 0 Å². The number of benzene rings is 2. The number of carbonyl (C=O) groups excluding carboxylic acids is 1. The number of rotatable bonds is 7. The molecule has 2 aromatic carbocycles. The summed E-state index contributed by atoms with van der Waals surface area (Å²) in [6, 6.07) is 10.8. The number of thioether (sulfide) groups is 1. The predicted molar refractivity (Wildman–Crippen MR) is 120 cm³/mol. The monoisotopic (exact) mass is 460 g/mol. The van der Waals surface area contributed by atoms with E-state index < -0.39 is 10.0 Å². The van der Waals surface area contributed by atoms with E-state index >= 15 is 0 Å². The quantitative estimate of drug-likeness (QED) is 0.394. The van der Waals surface area contributed by atoms with Gasteiger partial charge < -0.3 is 4.74 Å². The minimum absolute atomic E-state index is 0.0924. The molecule has 3 rings (SSSR count). The fraction of sp³-hybridized carbons (Fsp3) is 0.286. The third-order valence-corrected chi connectivity index (χ3v) is 7.77. The Labute approximate surface area is 186 Å². The molecule has 0 aliphatic heterocycles. The van der Waals surface area contributed by atoms with Crippen molar-refractivity contribution in [3.63, 3.8) is 0 Å². The molecule has 0 atom stereocenters. The normalized spacial score (nSPS) is 11.4. The summed E-state index contributed by atoms with van der Waals surface area (Å²) in [5.41, 5.74) is 3.61. The molecule has 0 aliphatic rings. The Morgan fingerprint density at radius 1 is 1.16 bits per heavy atom. The van der Waals surface area contributed by atoms with Crippen LogP contribution in [0.25, 0.3) is 5.69 Å². The van der Waals surface area contributed by atoms with E-state index in [1.165, 1.54) is 36.6 Å². The molecule has 164 valence electrons. The second-order valence-corrected chi connectivity index (χ2v) is 9.92. The van der Waals surface area contributed by atoms with Gasteiger partial charge in [-0.25, -0.2) is 8.42 Å². The minimum Gasteiger partial charge on any atom is -0.468 e. The van der Waals surface area contributed by atoms with Gasteiger partial charge in [-0.2, -0.15) is 0 Å². The van der Waals surface area contributed by atoms with Gasteiger partial charge in [-0.1, -0.05) is 35.5 Å². The molecule has 3 aromatic rings.